The fraction of sp³-hybridized carbons (Fsp3) is 0.194. The van der Waals surface area contributed by atoms with E-state index in [4.69, 9.17) is 4.74 Å². The Morgan fingerprint density at radius 2 is 1.74 bits per heavy atom. The van der Waals surface area contributed by atoms with E-state index in [0.717, 1.165) is 11.1 Å². The smallest absolute Gasteiger partial charge is 0.295 e. The zero-order valence-corrected chi connectivity index (χ0v) is 21.4. The largest absolute Gasteiger partial charge is 0.507 e. The minimum atomic E-state index is -0.753. The molecule has 0 saturated carbocycles. The van der Waals surface area contributed by atoms with Crippen molar-refractivity contribution in [1.82, 2.24) is 14.5 Å². The molecule has 2 heterocycles. The number of carbonyl (C=O) groups is 2. The van der Waals surface area contributed by atoms with E-state index in [9.17, 15) is 14.7 Å². The predicted molar refractivity (Wildman–Crippen MR) is 145 cm³/mol. The average molecular weight is 508 g/mol. The van der Waals surface area contributed by atoms with Crippen LogP contribution in [0.5, 0.6) is 11.5 Å². The normalized spacial score (nSPS) is 16.7. The number of aliphatic hydroxyl groups excluding tert-OH is 1. The number of aryl methyl sites for hydroxylation is 3. The molecule has 0 bridgehead atoms. The maximum absolute atomic E-state index is 13.4. The summed E-state index contributed by atoms with van der Waals surface area (Å²) in [7, 11) is 0. The third-order valence-corrected chi connectivity index (χ3v) is 6.72. The second kappa shape index (κ2) is 10.8. The molecule has 1 fully saturated rings. The first-order valence-corrected chi connectivity index (χ1v) is 12.6. The molecule has 7 heteroatoms. The van der Waals surface area contributed by atoms with E-state index in [1.54, 1.807) is 17.4 Å². The van der Waals surface area contributed by atoms with Crippen molar-refractivity contribution in [3.05, 3.63) is 119 Å². The molecule has 0 radical (unpaired) electrons. The van der Waals surface area contributed by atoms with Gasteiger partial charge in [-0.05, 0) is 61.7 Å². The summed E-state index contributed by atoms with van der Waals surface area (Å²) in [5.74, 6) is -0.229. The first-order chi connectivity index (χ1) is 18.4. The molecule has 0 spiro atoms. The van der Waals surface area contributed by atoms with E-state index in [1.807, 2.05) is 97.4 Å². The number of Topliss-reactive ketones (excluding diaryl/α,β-unsaturated/α-hetero) is 1. The molecular weight excluding hydrogens is 478 g/mol. The van der Waals surface area contributed by atoms with E-state index in [1.165, 1.54) is 0 Å². The van der Waals surface area contributed by atoms with Crippen LogP contribution in [0.1, 0.15) is 34.7 Å². The Hall–Kier alpha value is -4.65. The van der Waals surface area contributed by atoms with Crippen LogP contribution in [0.15, 0.2) is 97.1 Å². The van der Waals surface area contributed by atoms with Crippen molar-refractivity contribution in [3.63, 3.8) is 0 Å². The summed E-state index contributed by atoms with van der Waals surface area (Å²) in [6, 6.07) is 21.7. The van der Waals surface area contributed by atoms with Crippen molar-refractivity contribution >= 4 is 17.4 Å². The van der Waals surface area contributed by atoms with Crippen LogP contribution in [0.2, 0.25) is 0 Å². The predicted octanol–water partition coefficient (Wildman–Crippen LogP) is 5.80. The fourth-order valence-corrected chi connectivity index (χ4v) is 4.81. The number of hydrogen-bond donors (Lipinski definition) is 1. The van der Waals surface area contributed by atoms with Gasteiger partial charge in [0.05, 0.1) is 17.9 Å². The molecule has 7 nitrogen and oxygen atoms in total. The average Bonchev–Trinajstić information content (AvgIpc) is 3.53. The summed E-state index contributed by atoms with van der Waals surface area (Å²) in [4.78, 5) is 32.4. The van der Waals surface area contributed by atoms with E-state index in [2.05, 4.69) is 4.98 Å². The number of benzene rings is 3. The van der Waals surface area contributed by atoms with Gasteiger partial charge in [0.25, 0.3) is 11.7 Å². The van der Waals surface area contributed by atoms with Crippen molar-refractivity contribution in [1.29, 1.82) is 0 Å². The number of aromatic nitrogens is 2. The van der Waals surface area contributed by atoms with Crippen LogP contribution in [0, 0.1) is 13.8 Å². The molecule has 1 aliphatic heterocycles. The molecule has 0 aliphatic carbocycles. The number of imidazole rings is 1. The van der Waals surface area contributed by atoms with Gasteiger partial charge in [-0.3, -0.25) is 9.59 Å². The number of likely N-dealkylation sites (tertiary alicyclic amines) is 1. The molecular formula is C31H29N3O4. The third-order valence-electron chi connectivity index (χ3n) is 6.72. The number of hydrogen-bond acceptors (Lipinski definition) is 5. The molecule has 5 rings (SSSR count). The number of para-hydroxylation sites is 1. The third kappa shape index (κ3) is 5.09. The highest BCUT2D eigenvalue weighted by molar-refractivity contribution is 6.46. The van der Waals surface area contributed by atoms with Crippen LogP contribution in [0.4, 0.5) is 0 Å². The summed E-state index contributed by atoms with van der Waals surface area (Å²) in [5.41, 5.74) is 3.08. The minimum Gasteiger partial charge on any atom is -0.507 e. The van der Waals surface area contributed by atoms with E-state index < -0.39 is 17.7 Å². The van der Waals surface area contributed by atoms with Crippen LogP contribution >= 0.6 is 0 Å². The Kier molecular flexibility index (Phi) is 7.09. The molecule has 1 unspecified atom stereocenters. The summed E-state index contributed by atoms with van der Waals surface area (Å²) >= 11 is 0. The second-order valence-corrected chi connectivity index (χ2v) is 9.45. The van der Waals surface area contributed by atoms with E-state index in [-0.39, 0.29) is 11.3 Å². The van der Waals surface area contributed by atoms with Crippen molar-refractivity contribution in [2.24, 2.45) is 0 Å². The van der Waals surface area contributed by atoms with Crippen LogP contribution in [0.25, 0.3) is 5.76 Å². The molecule has 192 valence electrons. The van der Waals surface area contributed by atoms with Crippen LogP contribution in [0.3, 0.4) is 0 Å². The Morgan fingerprint density at radius 1 is 0.947 bits per heavy atom. The summed E-state index contributed by atoms with van der Waals surface area (Å²) in [5, 5.41) is 11.5. The number of aliphatic hydroxyl groups is 1. The molecule has 1 saturated heterocycles. The van der Waals surface area contributed by atoms with Crippen molar-refractivity contribution < 1.29 is 19.4 Å². The highest BCUT2D eigenvalue weighted by atomic mass is 16.5. The summed E-state index contributed by atoms with van der Waals surface area (Å²) in [6.07, 6.45) is 5.89. The monoisotopic (exact) mass is 507 g/mol. The Bertz CT molecular complexity index is 1490. The zero-order valence-electron chi connectivity index (χ0n) is 21.4. The molecule has 1 aliphatic rings. The maximum atomic E-state index is 13.4. The molecule has 1 atom stereocenters. The van der Waals surface area contributed by atoms with Gasteiger partial charge in [0.1, 0.15) is 17.3 Å². The molecule has 3 aromatic carbocycles. The fourth-order valence-electron chi connectivity index (χ4n) is 4.81. The highest BCUT2D eigenvalue weighted by Crippen LogP contribution is 2.41. The van der Waals surface area contributed by atoms with Gasteiger partial charge in [-0.2, -0.15) is 0 Å². The molecule has 38 heavy (non-hydrogen) atoms. The van der Waals surface area contributed by atoms with Crippen molar-refractivity contribution in [2.75, 3.05) is 6.54 Å². The maximum Gasteiger partial charge on any atom is 0.295 e. The molecule has 1 aromatic heterocycles. The van der Waals surface area contributed by atoms with Gasteiger partial charge in [0.15, 0.2) is 0 Å². The summed E-state index contributed by atoms with van der Waals surface area (Å²) < 4.78 is 7.96. The van der Waals surface area contributed by atoms with Crippen LogP contribution in [-0.2, 0) is 16.1 Å². The Balaban J connectivity index is 1.56. The van der Waals surface area contributed by atoms with Gasteiger partial charge in [-0.15, -0.1) is 0 Å². The lowest BCUT2D eigenvalue weighted by Gasteiger charge is -2.26. The highest BCUT2D eigenvalue weighted by Gasteiger charge is 2.46. The number of nitrogens with zero attached hydrogens (tertiary/aromatic N) is 3. The Labute approximate surface area is 221 Å². The van der Waals surface area contributed by atoms with Crippen LogP contribution < -0.4 is 4.74 Å². The lowest BCUT2D eigenvalue weighted by Crippen LogP contribution is -2.31. The quantitative estimate of drug-likeness (QED) is 0.185. The first kappa shape index (κ1) is 25.0. The number of amides is 1. The SMILES string of the molecule is Cc1ccc(C)c(/C(O)=C2\C(=O)C(=O)N(CCCn3ccnc3)C2c2cccc(Oc3ccccc3)c2)c1. The number of rotatable bonds is 8. The van der Waals surface area contributed by atoms with Gasteiger partial charge in [-0.1, -0.05) is 48.0 Å². The zero-order chi connectivity index (χ0) is 26.6. The lowest BCUT2D eigenvalue weighted by atomic mass is 9.93. The molecule has 1 amide bonds. The van der Waals surface area contributed by atoms with E-state index in [0.29, 0.717) is 42.1 Å². The van der Waals surface area contributed by atoms with Gasteiger partial charge in [-0.25, -0.2) is 4.98 Å². The topological polar surface area (TPSA) is 84.7 Å². The molecule has 4 aromatic rings. The van der Waals surface area contributed by atoms with Crippen molar-refractivity contribution in [2.45, 2.75) is 32.9 Å². The summed E-state index contributed by atoms with van der Waals surface area (Å²) in [6.45, 7) is 4.77. The number of carbonyl (C=O) groups excluding carboxylic acids is 2. The minimum absolute atomic E-state index is 0.0863. The Morgan fingerprint density at radius 3 is 2.50 bits per heavy atom. The number of ketones is 1. The van der Waals surface area contributed by atoms with Gasteiger partial charge in [0, 0.05) is 31.0 Å². The van der Waals surface area contributed by atoms with E-state index >= 15 is 0 Å². The standard InChI is InChI=1S/C31H29N3O4/c1-21-12-13-22(2)26(18-21)29(35)27-28(23-8-6-11-25(19-23)38-24-9-4-3-5-10-24)34(31(37)30(27)36)16-7-15-33-17-14-32-20-33/h3-6,8-14,17-20,28,35H,7,15-16H2,1-2H3/b29-27+. The first-order valence-electron chi connectivity index (χ1n) is 12.6. The molecule has 1 N–H and O–H groups in total. The number of ether oxygens (including phenoxy) is 1. The van der Waals surface area contributed by atoms with Crippen molar-refractivity contribution in [3.8, 4) is 11.5 Å². The van der Waals surface area contributed by atoms with Crippen LogP contribution in [-0.4, -0.2) is 37.8 Å². The van der Waals surface area contributed by atoms with Gasteiger partial charge < -0.3 is 19.3 Å². The van der Waals surface area contributed by atoms with Gasteiger partial charge in [0.2, 0.25) is 0 Å². The lowest BCUT2D eigenvalue weighted by molar-refractivity contribution is -0.139. The van der Waals surface area contributed by atoms with Gasteiger partial charge >= 0.3 is 0 Å². The second-order valence-electron chi connectivity index (χ2n) is 9.45.